The Balaban J connectivity index is 4.07. The third kappa shape index (κ3) is 41.4. The van der Waals surface area contributed by atoms with Gasteiger partial charge in [0, 0.05) is 19.6 Å². The molecular weight excluding hydrogens is 697 g/mol. The zero-order chi connectivity index (χ0) is 39.5. The SMILES string of the molecule is CCC/C=C\C/C=C\CCCCCCCCOCC(COP(=O)(O)OCCN)OC(=O)CCCCCCCC/C=C\C/C=C\C/C=C\CCCCCCC. The minimum Gasteiger partial charge on any atom is -0.457 e. The van der Waals surface area contributed by atoms with Gasteiger partial charge in [0.05, 0.1) is 19.8 Å². The average molecular weight is 780 g/mol. The molecule has 0 saturated heterocycles. The van der Waals surface area contributed by atoms with E-state index in [2.05, 4.69) is 74.6 Å². The molecular formula is C45H82NO7P. The molecule has 54 heavy (non-hydrogen) atoms. The Morgan fingerprint density at radius 2 is 1.02 bits per heavy atom. The number of esters is 1. The Hall–Kier alpha value is -1.80. The normalized spacial score (nSPS) is 14.1. The highest BCUT2D eigenvalue weighted by Gasteiger charge is 2.25. The van der Waals surface area contributed by atoms with Gasteiger partial charge in [0.1, 0.15) is 6.10 Å². The van der Waals surface area contributed by atoms with Crippen molar-refractivity contribution in [3.05, 3.63) is 60.8 Å². The van der Waals surface area contributed by atoms with Crippen molar-refractivity contribution in [1.29, 1.82) is 0 Å². The molecule has 0 heterocycles. The molecule has 0 aromatic heterocycles. The van der Waals surface area contributed by atoms with Crippen LogP contribution in [0.2, 0.25) is 0 Å². The van der Waals surface area contributed by atoms with E-state index in [1.807, 2.05) is 0 Å². The molecule has 0 bridgehead atoms. The zero-order valence-electron chi connectivity index (χ0n) is 34.7. The van der Waals surface area contributed by atoms with Crippen LogP contribution in [-0.4, -0.2) is 49.9 Å². The maximum absolute atomic E-state index is 12.6. The van der Waals surface area contributed by atoms with Crippen molar-refractivity contribution < 1.29 is 32.8 Å². The van der Waals surface area contributed by atoms with E-state index in [-0.39, 0.29) is 32.3 Å². The first kappa shape index (κ1) is 52.2. The Kier molecular flexibility index (Phi) is 40.9. The van der Waals surface area contributed by atoms with Gasteiger partial charge in [-0.1, -0.05) is 158 Å². The summed E-state index contributed by atoms with van der Waals surface area (Å²) in [6, 6.07) is 0. The number of hydrogen-bond acceptors (Lipinski definition) is 7. The molecule has 314 valence electrons. The highest BCUT2D eigenvalue weighted by molar-refractivity contribution is 7.47. The highest BCUT2D eigenvalue weighted by Crippen LogP contribution is 2.43. The molecule has 2 atom stereocenters. The quantitative estimate of drug-likeness (QED) is 0.0273. The number of rotatable bonds is 41. The van der Waals surface area contributed by atoms with E-state index < -0.39 is 13.9 Å². The number of nitrogens with two attached hydrogens (primary N) is 1. The summed E-state index contributed by atoms with van der Waals surface area (Å²) in [5, 5.41) is 0. The highest BCUT2D eigenvalue weighted by atomic mass is 31.2. The van der Waals surface area contributed by atoms with Gasteiger partial charge in [-0.25, -0.2) is 4.57 Å². The summed E-state index contributed by atoms with van der Waals surface area (Å²) in [7, 11) is -4.28. The second-order valence-electron chi connectivity index (χ2n) is 14.2. The second-order valence-corrected chi connectivity index (χ2v) is 15.7. The Morgan fingerprint density at radius 1 is 0.556 bits per heavy atom. The topological polar surface area (TPSA) is 117 Å². The van der Waals surface area contributed by atoms with Crippen molar-refractivity contribution in [3.63, 3.8) is 0 Å². The minimum atomic E-state index is -4.28. The lowest BCUT2D eigenvalue weighted by molar-refractivity contribution is -0.154. The van der Waals surface area contributed by atoms with Gasteiger partial charge in [-0.3, -0.25) is 13.8 Å². The van der Waals surface area contributed by atoms with Crippen molar-refractivity contribution in [2.45, 2.75) is 187 Å². The van der Waals surface area contributed by atoms with Crippen LogP contribution in [0.1, 0.15) is 181 Å². The molecule has 0 amide bonds. The van der Waals surface area contributed by atoms with Crippen molar-refractivity contribution in [2.75, 3.05) is 33.0 Å². The maximum atomic E-state index is 12.6. The van der Waals surface area contributed by atoms with Crippen LogP contribution < -0.4 is 5.73 Å². The van der Waals surface area contributed by atoms with E-state index in [4.69, 9.17) is 24.3 Å². The van der Waals surface area contributed by atoms with Gasteiger partial charge in [-0.2, -0.15) is 0 Å². The smallest absolute Gasteiger partial charge is 0.457 e. The summed E-state index contributed by atoms with van der Waals surface area (Å²) in [6.45, 7) is 4.80. The van der Waals surface area contributed by atoms with Gasteiger partial charge in [-0.15, -0.1) is 0 Å². The van der Waals surface area contributed by atoms with Crippen LogP contribution in [0, 0.1) is 0 Å². The van der Waals surface area contributed by atoms with Gasteiger partial charge in [-0.05, 0) is 77.0 Å². The number of phosphoric ester groups is 1. The Morgan fingerprint density at radius 3 is 1.54 bits per heavy atom. The molecule has 0 aliphatic heterocycles. The van der Waals surface area contributed by atoms with Crippen LogP contribution in [0.4, 0.5) is 0 Å². The molecule has 0 rings (SSSR count). The molecule has 0 aliphatic carbocycles. The molecule has 0 radical (unpaired) electrons. The number of carbonyl (C=O) groups excluding carboxylic acids is 1. The van der Waals surface area contributed by atoms with E-state index in [0.29, 0.717) is 13.0 Å². The molecule has 9 heteroatoms. The van der Waals surface area contributed by atoms with E-state index in [0.717, 1.165) is 83.5 Å². The monoisotopic (exact) mass is 780 g/mol. The number of hydrogen-bond donors (Lipinski definition) is 2. The maximum Gasteiger partial charge on any atom is 0.472 e. The van der Waals surface area contributed by atoms with Gasteiger partial charge in [0.25, 0.3) is 0 Å². The lowest BCUT2D eigenvalue weighted by atomic mass is 10.1. The standard InChI is InChI=1S/C45H82NO7P/c1-3-5-7-9-11-13-15-17-19-20-21-22-23-24-25-26-28-30-32-34-36-38-45(47)53-44(43-52-54(48,49)51-41-39-46)42-50-40-37-35-33-31-29-27-18-16-14-12-10-8-6-4-2/h8,10,14-17,20-21,23-24,44H,3-7,9,11-13,18-19,22,25-43,46H2,1-2H3,(H,48,49)/b10-8-,16-14-,17-15-,21-20-,24-23-. The minimum absolute atomic E-state index is 0.0934. The molecule has 0 saturated carbocycles. The van der Waals surface area contributed by atoms with Gasteiger partial charge >= 0.3 is 13.8 Å². The largest absolute Gasteiger partial charge is 0.472 e. The summed E-state index contributed by atoms with van der Waals surface area (Å²) in [5.41, 5.74) is 5.36. The molecule has 0 spiro atoms. The summed E-state index contributed by atoms with van der Waals surface area (Å²) >= 11 is 0. The first-order valence-corrected chi connectivity index (χ1v) is 23.3. The molecule has 0 aliphatic rings. The Bertz CT molecular complexity index is 1010. The van der Waals surface area contributed by atoms with E-state index in [9.17, 15) is 14.3 Å². The average Bonchev–Trinajstić information content (AvgIpc) is 3.16. The van der Waals surface area contributed by atoms with E-state index >= 15 is 0 Å². The van der Waals surface area contributed by atoms with Crippen LogP contribution in [-0.2, 0) is 27.9 Å². The van der Waals surface area contributed by atoms with Gasteiger partial charge < -0.3 is 20.1 Å². The van der Waals surface area contributed by atoms with Crippen molar-refractivity contribution in [3.8, 4) is 0 Å². The summed E-state index contributed by atoms with van der Waals surface area (Å²) in [4.78, 5) is 22.5. The number of carbonyl (C=O) groups is 1. The number of ether oxygens (including phenoxy) is 2. The Labute approximate surface area is 332 Å². The van der Waals surface area contributed by atoms with E-state index in [1.165, 1.54) is 77.0 Å². The second kappa shape index (κ2) is 42.3. The third-order valence-electron chi connectivity index (χ3n) is 8.89. The molecule has 8 nitrogen and oxygen atoms in total. The summed E-state index contributed by atoms with van der Waals surface area (Å²) in [6.07, 6.45) is 50.9. The van der Waals surface area contributed by atoms with Crippen LogP contribution in [0.5, 0.6) is 0 Å². The summed E-state index contributed by atoms with van der Waals surface area (Å²) < 4.78 is 33.4. The fourth-order valence-electron chi connectivity index (χ4n) is 5.69. The van der Waals surface area contributed by atoms with Crippen molar-refractivity contribution in [1.82, 2.24) is 0 Å². The third-order valence-corrected chi connectivity index (χ3v) is 9.87. The van der Waals surface area contributed by atoms with Crippen molar-refractivity contribution >= 4 is 13.8 Å². The molecule has 0 aromatic carbocycles. The number of unbranched alkanes of at least 4 members (excludes halogenated alkanes) is 18. The van der Waals surface area contributed by atoms with Gasteiger partial charge in [0.15, 0.2) is 0 Å². The predicted molar refractivity (Wildman–Crippen MR) is 229 cm³/mol. The molecule has 0 fully saturated rings. The lowest BCUT2D eigenvalue weighted by Crippen LogP contribution is -2.28. The zero-order valence-corrected chi connectivity index (χ0v) is 35.6. The van der Waals surface area contributed by atoms with Crippen LogP contribution in [0.15, 0.2) is 60.8 Å². The van der Waals surface area contributed by atoms with Crippen LogP contribution in [0.25, 0.3) is 0 Å². The van der Waals surface area contributed by atoms with Gasteiger partial charge in [0.2, 0.25) is 0 Å². The first-order chi connectivity index (χ1) is 26.4. The predicted octanol–water partition coefficient (Wildman–Crippen LogP) is 13.0. The molecule has 2 unspecified atom stereocenters. The van der Waals surface area contributed by atoms with Crippen LogP contribution in [0.3, 0.4) is 0 Å². The van der Waals surface area contributed by atoms with E-state index in [1.54, 1.807) is 0 Å². The number of phosphoric acid groups is 1. The first-order valence-electron chi connectivity index (χ1n) is 21.8. The molecule has 3 N–H and O–H groups in total. The lowest BCUT2D eigenvalue weighted by Gasteiger charge is -2.20. The fraction of sp³-hybridized carbons (Fsp3) is 0.756. The molecule has 0 aromatic rings. The van der Waals surface area contributed by atoms with Crippen LogP contribution >= 0.6 is 7.82 Å². The number of allylic oxidation sites excluding steroid dienone is 10. The van der Waals surface area contributed by atoms with Crippen molar-refractivity contribution in [2.24, 2.45) is 5.73 Å². The summed E-state index contributed by atoms with van der Waals surface area (Å²) in [5.74, 6) is -0.348. The fourth-order valence-corrected chi connectivity index (χ4v) is 6.45.